The number of aromatic nitrogens is 2. The number of anilines is 1. The summed E-state index contributed by atoms with van der Waals surface area (Å²) in [7, 11) is 0. The number of ether oxygens (including phenoxy) is 2. The largest absolute Gasteiger partial charge is 0.454 e. The normalized spacial score (nSPS) is 18.7. The quantitative estimate of drug-likeness (QED) is 0.343. The molecule has 1 N–H and O–H groups in total. The third-order valence-corrected chi connectivity index (χ3v) is 7.17. The summed E-state index contributed by atoms with van der Waals surface area (Å²) in [4.78, 5) is 6.83. The van der Waals surface area contributed by atoms with Gasteiger partial charge in [0.25, 0.3) is 0 Å². The Morgan fingerprint density at radius 1 is 0.971 bits per heavy atom. The van der Waals surface area contributed by atoms with Crippen LogP contribution in [0, 0.1) is 13.8 Å². The predicted molar refractivity (Wildman–Crippen MR) is 141 cm³/mol. The van der Waals surface area contributed by atoms with Crippen LogP contribution in [0.4, 0.5) is 5.69 Å². The molecule has 1 saturated heterocycles. The second-order valence-electron chi connectivity index (χ2n) is 8.67. The molecule has 0 amide bonds. The minimum Gasteiger partial charge on any atom is -0.454 e. The first-order valence-electron chi connectivity index (χ1n) is 11.4. The molecule has 0 radical (unpaired) electrons. The minimum atomic E-state index is -0.120. The Labute approximate surface area is 214 Å². The lowest BCUT2D eigenvalue weighted by atomic mass is 9.96. The van der Waals surface area contributed by atoms with Crippen LogP contribution in [0.3, 0.4) is 0 Å². The topological polar surface area (TPSA) is 51.6 Å². The molecule has 35 heavy (non-hydrogen) atoms. The van der Waals surface area contributed by atoms with Crippen LogP contribution in [0.2, 0.25) is 5.02 Å². The van der Waals surface area contributed by atoms with Crippen LogP contribution in [-0.4, -0.2) is 21.5 Å². The lowest BCUT2D eigenvalue weighted by Gasteiger charge is -2.28. The van der Waals surface area contributed by atoms with E-state index < -0.39 is 0 Å². The number of hydrogen-bond donors (Lipinski definition) is 1. The molecule has 2 aliphatic rings. The van der Waals surface area contributed by atoms with Gasteiger partial charge in [-0.15, -0.1) is 0 Å². The zero-order chi connectivity index (χ0) is 24.1. The second-order valence-corrected chi connectivity index (χ2v) is 9.50. The van der Waals surface area contributed by atoms with E-state index in [1.807, 2.05) is 60.8 Å². The predicted octanol–water partition coefficient (Wildman–Crippen LogP) is 6.05. The standard InChI is InChI=1S/C27H23ClN4O2S/c1-16-13-21(17(2)31(16)20-10-11-23-24(14-20)34-15-33-23)26-25(22-5-3-4-12-29-22)30-27(35)32(26)19-8-6-18(28)7-9-19/h3-14,25-26H,15H2,1-2H3,(H,30,35)/t25-,26+/m1/s1. The summed E-state index contributed by atoms with van der Waals surface area (Å²) in [6.07, 6.45) is 1.82. The van der Waals surface area contributed by atoms with Gasteiger partial charge in [0.15, 0.2) is 16.6 Å². The number of fused-ring (bicyclic) bond motifs is 1. The van der Waals surface area contributed by atoms with Gasteiger partial charge in [0.2, 0.25) is 6.79 Å². The molecule has 8 heteroatoms. The summed E-state index contributed by atoms with van der Waals surface area (Å²) in [5, 5.41) is 4.87. The van der Waals surface area contributed by atoms with Crippen LogP contribution in [0.15, 0.2) is 72.9 Å². The van der Waals surface area contributed by atoms with E-state index in [1.54, 1.807) is 0 Å². The number of benzene rings is 2. The van der Waals surface area contributed by atoms with E-state index in [-0.39, 0.29) is 18.9 Å². The molecule has 176 valence electrons. The Bertz CT molecular complexity index is 1420. The van der Waals surface area contributed by atoms with Crippen molar-refractivity contribution >= 4 is 34.6 Å². The van der Waals surface area contributed by atoms with E-state index >= 15 is 0 Å². The number of nitrogens with one attached hydrogen (secondary N) is 1. The average Bonchev–Trinajstić information content (AvgIpc) is 3.55. The second kappa shape index (κ2) is 8.59. The summed E-state index contributed by atoms with van der Waals surface area (Å²) in [5.41, 5.74) is 6.34. The minimum absolute atomic E-state index is 0.104. The first-order valence-corrected chi connectivity index (χ1v) is 12.1. The summed E-state index contributed by atoms with van der Waals surface area (Å²) >= 11 is 12.0. The van der Waals surface area contributed by atoms with Gasteiger partial charge in [-0.25, -0.2) is 0 Å². The van der Waals surface area contributed by atoms with Crippen molar-refractivity contribution in [1.29, 1.82) is 0 Å². The van der Waals surface area contributed by atoms with Crippen molar-refractivity contribution in [2.75, 3.05) is 11.7 Å². The summed E-state index contributed by atoms with van der Waals surface area (Å²) in [6, 6.07) is 21.8. The molecular formula is C27H23ClN4O2S. The Hall–Kier alpha value is -3.55. The maximum atomic E-state index is 6.19. The molecule has 6 rings (SSSR count). The maximum Gasteiger partial charge on any atom is 0.231 e. The third-order valence-electron chi connectivity index (χ3n) is 6.61. The van der Waals surface area contributed by atoms with Gasteiger partial charge in [-0.2, -0.15) is 0 Å². The number of hydrogen-bond acceptors (Lipinski definition) is 4. The SMILES string of the molecule is Cc1cc([C@H]2[C@@H](c3ccccn3)NC(=S)N2c2ccc(Cl)cc2)c(C)n1-c1ccc2c(c1)OCO2. The summed E-state index contributed by atoms with van der Waals surface area (Å²) in [6.45, 7) is 4.51. The smallest absolute Gasteiger partial charge is 0.231 e. The van der Waals surface area contributed by atoms with Crippen LogP contribution in [0.25, 0.3) is 5.69 Å². The first kappa shape index (κ1) is 21.9. The van der Waals surface area contributed by atoms with Crippen molar-refractivity contribution in [2.45, 2.75) is 25.9 Å². The van der Waals surface area contributed by atoms with Crippen molar-refractivity contribution in [3.8, 4) is 17.2 Å². The zero-order valence-electron chi connectivity index (χ0n) is 19.2. The number of thiocarbonyl (C=S) groups is 1. The molecule has 0 bridgehead atoms. The van der Waals surface area contributed by atoms with Crippen LogP contribution < -0.4 is 19.7 Å². The lowest BCUT2D eigenvalue weighted by Crippen LogP contribution is -2.29. The van der Waals surface area contributed by atoms with Crippen molar-refractivity contribution in [1.82, 2.24) is 14.9 Å². The zero-order valence-corrected chi connectivity index (χ0v) is 20.8. The average molecular weight is 503 g/mol. The van der Waals surface area contributed by atoms with Crippen molar-refractivity contribution in [3.05, 3.63) is 101 Å². The van der Waals surface area contributed by atoms with E-state index in [0.717, 1.165) is 45.5 Å². The molecule has 2 atom stereocenters. The van der Waals surface area contributed by atoms with Crippen molar-refractivity contribution in [3.63, 3.8) is 0 Å². The third kappa shape index (κ3) is 3.72. The van der Waals surface area contributed by atoms with Crippen molar-refractivity contribution in [2.24, 2.45) is 0 Å². The highest BCUT2D eigenvalue weighted by Gasteiger charge is 2.42. The van der Waals surface area contributed by atoms with Gasteiger partial charge in [-0.05, 0) is 86.2 Å². The van der Waals surface area contributed by atoms with Crippen LogP contribution in [0.1, 0.15) is 34.7 Å². The van der Waals surface area contributed by atoms with Crippen LogP contribution >= 0.6 is 23.8 Å². The Balaban J connectivity index is 1.50. The van der Waals surface area contributed by atoms with Gasteiger partial charge >= 0.3 is 0 Å². The molecular weight excluding hydrogens is 480 g/mol. The molecule has 0 unspecified atom stereocenters. The summed E-state index contributed by atoms with van der Waals surface area (Å²) < 4.78 is 13.4. The monoisotopic (exact) mass is 502 g/mol. The molecule has 0 aliphatic carbocycles. The Morgan fingerprint density at radius 2 is 1.74 bits per heavy atom. The fourth-order valence-corrected chi connectivity index (χ4v) is 5.53. The molecule has 2 aromatic carbocycles. The molecule has 2 aromatic heterocycles. The molecule has 0 saturated carbocycles. The molecule has 4 heterocycles. The first-order chi connectivity index (χ1) is 17.0. The van der Waals surface area contributed by atoms with Crippen LogP contribution in [0.5, 0.6) is 11.5 Å². The maximum absolute atomic E-state index is 6.19. The van der Waals surface area contributed by atoms with E-state index in [2.05, 4.69) is 45.7 Å². The Morgan fingerprint density at radius 3 is 2.51 bits per heavy atom. The van der Waals surface area contributed by atoms with Crippen LogP contribution in [-0.2, 0) is 0 Å². The van der Waals surface area contributed by atoms with Gasteiger partial charge in [0.1, 0.15) is 0 Å². The van der Waals surface area contributed by atoms with Gasteiger partial charge in [-0.1, -0.05) is 17.7 Å². The van der Waals surface area contributed by atoms with E-state index in [9.17, 15) is 0 Å². The fraction of sp³-hybridized carbons (Fsp3) is 0.185. The number of halogens is 1. The number of rotatable bonds is 4. The number of aryl methyl sites for hydroxylation is 1. The molecule has 4 aromatic rings. The van der Waals surface area contributed by atoms with E-state index in [0.29, 0.717) is 10.1 Å². The lowest BCUT2D eigenvalue weighted by molar-refractivity contribution is 0.174. The highest BCUT2D eigenvalue weighted by molar-refractivity contribution is 7.80. The highest BCUT2D eigenvalue weighted by atomic mass is 35.5. The molecule has 0 spiro atoms. The van der Waals surface area contributed by atoms with Crippen molar-refractivity contribution < 1.29 is 9.47 Å². The van der Waals surface area contributed by atoms with Gasteiger partial charge in [-0.3, -0.25) is 4.98 Å². The van der Waals surface area contributed by atoms with E-state index in [4.69, 9.17) is 33.3 Å². The fourth-order valence-electron chi connectivity index (χ4n) is 5.06. The highest BCUT2D eigenvalue weighted by Crippen LogP contribution is 2.44. The van der Waals surface area contributed by atoms with Gasteiger partial charge < -0.3 is 24.3 Å². The Kier molecular flexibility index (Phi) is 5.39. The van der Waals surface area contributed by atoms with E-state index in [1.165, 1.54) is 0 Å². The van der Waals surface area contributed by atoms with Gasteiger partial charge in [0.05, 0.1) is 17.8 Å². The molecule has 6 nitrogen and oxygen atoms in total. The summed E-state index contributed by atoms with van der Waals surface area (Å²) in [5.74, 6) is 1.53. The molecule has 2 aliphatic heterocycles. The molecule has 1 fully saturated rings. The number of pyridine rings is 1. The van der Waals surface area contributed by atoms with Gasteiger partial charge in [0, 0.05) is 40.0 Å². The number of nitrogens with zero attached hydrogens (tertiary/aromatic N) is 3.